The molecule has 0 spiro atoms. The van der Waals surface area contributed by atoms with Gasteiger partial charge in [0.15, 0.2) is 0 Å². The number of hydrogen-bond donors (Lipinski definition) is 0. The molecule has 0 N–H and O–H groups in total. The molecule has 4 nitrogen and oxygen atoms in total. The summed E-state index contributed by atoms with van der Waals surface area (Å²) in [5.41, 5.74) is 0. The molecular weight excluding hydrogens is 418 g/mol. The van der Waals surface area contributed by atoms with Gasteiger partial charge in [0, 0.05) is 0 Å². The Bertz CT molecular complexity index is 422. The van der Waals surface area contributed by atoms with Crippen molar-refractivity contribution < 1.29 is 35.0 Å². The molecule has 0 aliphatic rings. The minimum absolute atomic E-state index is 0. The SMILES string of the molecule is CCCCC(CC)COP(=O)([O-])OCC(CC)CCCC.[Ni+2].[c-]1ccccc1. The third-order valence-corrected chi connectivity index (χ3v) is 5.56. The van der Waals surface area contributed by atoms with Crippen LogP contribution in [0.1, 0.15) is 79.1 Å². The van der Waals surface area contributed by atoms with Crippen LogP contribution in [0.3, 0.4) is 0 Å². The Morgan fingerprint density at radius 1 is 0.857 bits per heavy atom. The maximum absolute atomic E-state index is 11.8. The van der Waals surface area contributed by atoms with Gasteiger partial charge in [-0.25, -0.2) is 0 Å². The molecule has 0 heterocycles. The fraction of sp³-hybridized carbons (Fsp3) is 0.727. The molecule has 1 aromatic rings. The Hall–Kier alpha value is -0.176. The number of phosphoric ester groups is 1. The monoisotopic (exact) mass is 456 g/mol. The number of unbranched alkanes of at least 4 members (excludes halogenated alkanes) is 2. The average molecular weight is 457 g/mol. The van der Waals surface area contributed by atoms with Crippen LogP contribution >= 0.6 is 7.82 Å². The van der Waals surface area contributed by atoms with Gasteiger partial charge in [-0.1, -0.05) is 66.2 Å². The van der Waals surface area contributed by atoms with Crippen molar-refractivity contribution in [2.75, 3.05) is 13.2 Å². The quantitative estimate of drug-likeness (QED) is 0.184. The van der Waals surface area contributed by atoms with Crippen molar-refractivity contribution in [3.8, 4) is 0 Å². The van der Waals surface area contributed by atoms with Crippen LogP contribution < -0.4 is 4.89 Å². The molecule has 0 saturated carbocycles. The van der Waals surface area contributed by atoms with Crippen molar-refractivity contribution >= 4 is 7.82 Å². The molecular formula is C22H39NiO4P. The van der Waals surface area contributed by atoms with Gasteiger partial charge in [-0.05, 0) is 24.7 Å². The zero-order chi connectivity index (χ0) is 20.4. The van der Waals surface area contributed by atoms with Crippen LogP contribution in [0.2, 0.25) is 0 Å². The topological polar surface area (TPSA) is 58.6 Å². The summed E-state index contributed by atoms with van der Waals surface area (Å²) >= 11 is 0. The maximum atomic E-state index is 11.8. The summed E-state index contributed by atoms with van der Waals surface area (Å²) in [6, 6.07) is 12.5. The normalized spacial score (nSPS) is 14.8. The fourth-order valence-electron chi connectivity index (χ4n) is 2.57. The van der Waals surface area contributed by atoms with Gasteiger partial charge in [0.25, 0.3) is 7.82 Å². The zero-order valence-corrected chi connectivity index (χ0v) is 19.9. The molecule has 0 radical (unpaired) electrons. The first kappa shape index (κ1) is 30.0. The second-order valence-electron chi connectivity index (χ2n) is 6.95. The first-order valence-electron chi connectivity index (χ1n) is 10.5. The largest absolute Gasteiger partial charge is 2.00 e. The van der Waals surface area contributed by atoms with Crippen molar-refractivity contribution in [1.29, 1.82) is 0 Å². The fourth-order valence-corrected chi connectivity index (χ4v) is 3.43. The predicted molar refractivity (Wildman–Crippen MR) is 111 cm³/mol. The van der Waals surface area contributed by atoms with Gasteiger partial charge in [-0.15, -0.1) is 0 Å². The van der Waals surface area contributed by atoms with E-state index in [2.05, 4.69) is 33.8 Å². The average Bonchev–Trinajstić information content (AvgIpc) is 2.70. The number of phosphoric acid groups is 1. The van der Waals surface area contributed by atoms with Crippen LogP contribution in [-0.2, 0) is 30.1 Å². The summed E-state index contributed by atoms with van der Waals surface area (Å²) in [6.45, 7) is 8.91. The van der Waals surface area contributed by atoms with Gasteiger partial charge in [0.1, 0.15) is 0 Å². The first-order valence-corrected chi connectivity index (χ1v) is 12.0. The van der Waals surface area contributed by atoms with E-state index in [1.165, 1.54) is 0 Å². The minimum Gasteiger partial charge on any atom is -0.756 e. The molecule has 2 unspecified atom stereocenters. The molecule has 0 aliphatic heterocycles. The smallest absolute Gasteiger partial charge is 0.756 e. The van der Waals surface area contributed by atoms with Crippen molar-refractivity contribution in [1.82, 2.24) is 0 Å². The van der Waals surface area contributed by atoms with Crippen LogP contribution in [0.25, 0.3) is 0 Å². The molecule has 28 heavy (non-hydrogen) atoms. The van der Waals surface area contributed by atoms with Gasteiger partial charge >= 0.3 is 16.5 Å². The molecule has 0 aliphatic carbocycles. The third kappa shape index (κ3) is 17.9. The molecule has 6 heteroatoms. The number of benzene rings is 1. The molecule has 2 atom stereocenters. The van der Waals surface area contributed by atoms with Gasteiger partial charge in [-0.3, -0.25) is 4.57 Å². The molecule has 1 rings (SSSR count). The summed E-state index contributed by atoms with van der Waals surface area (Å²) in [6.07, 6.45) is 8.38. The summed E-state index contributed by atoms with van der Waals surface area (Å²) in [5.74, 6) is 0.607. The summed E-state index contributed by atoms with van der Waals surface area (Å²) in [7, 11) is -4.14. The van der Waals surface area contributed by atoms with Crippen LogP contribution in [-0.4, -0.2) is 13.2 Å². The Balaban J connectivity index is 0. The van der Waals surface area contributed by atoms with E-state index in [-0.39, 0.29) is 29.7 Å². The third-order valence-electron chi connectivity index (χ3n) is 4.63. The van der Waals surface area contributed by atoms with Crippen molar-refractivity contribution in [2.45, 2.75) is 79.1 Å². The standard InChI is InChI=1S/C16H35O4P.C6H5.Ni/c1-5-9-11-15(7-3)13-19-21(17,18)20-14-16(8-4)12-10-6-2;1-2-4-6-5-3-1;/h15-16H,5-14H2,1-4H3,(H,17,18);1-5H;/q;-1;+2/p-1. The maximum Gasteiger partial charge on any atom is 2.00 e. The van der Waals surface area contributed by atoms with E-state index in [1.807, 2.05) is 30.3 Å². The van der Waals surface area contributed by atoms with E-state index < -0.39 is 7.82 Å². The van der Waals surface area contributed by atoms with E-state index in [9.17, 15) is 9.46 Å². The molecule has 0 bridgehead atoms. The Morgan fingerprint density at radius 3 is 1.54 bits per heavy atom. The zero-order valence-electron chi connectivity index (χ0n) is 18.0. The summed E-state index contributed by atoms with van der Waals surface area (Å²) in [4.78, 5) is 11.8. The van der Waals surface area contributed by atoms with E-state index in [0.717, 1.165) is 51.4 Å². The van der Waals surface area contributed by atoms with Crippen LogP contribution in [0, 0.1) is 17.9 Å². The van der Waals surface area contributed by atoms with Crippen LogP contribution in [0.15, 0.2) is 30.3 Å². The molecule has 0 amide bonds. The van der Waals surface area contributed by atoms with E-state index in [1.54, 1.807) is 0 Å². The van der Waals surface area contributed by atoms with Gasteiger partial charge in [-0.2, -0.15) is 36.4 Å². The van der Waals surface area contributed by atoms with E-state index >= 15 is 0 Å². The number of rotatable bonds is 14. The Labute approximate surface area is 183 Å². The van der Waals surface area contributed by atoms with Crippen molar-refractivity contribution in [3.05, 3.63) is 36.4 Å². The van der Waals surface area contributed by atoms with Crippen LogP contribution in [0.5, 0.6) is 0 Å². The summed E-state index contributed by atoms with van der Waals surface area (Å²) in [5, 5.41) is 0. The predicted octanol–water partition coefficient (Wildman–Crippen LogP) is 6.41. The molecule has 0 aromatic heterocycles. The van der Waals surface area contributed by atoms with Gasteiger partial charge in [0.05, 0.1) is 13.2 Å². The Kier molecular flexibility index (Phi) is 21.6. The van der Waals surface area contributed by atoms with Crippen molar-refractivity contribution in [3.63, 3.8) is 0 Å². The second-order valence-corrected chi connectivity index (χ2v) is 8.36. The first-order chi connectivity index (χ1) is 13.0. The molecule has 0 saturated heterocycles. The number of hydrogen-bond acceptors (Lipinski definition) is 4. The van der Waals surface area contributed by atoms with E-state index in [0.29, 0.717) is 11.8 Å². The second kappa shape index (κ2) is 20.1. The van der Waals surface area contributed by atoms with Gasteiger partial charge in [0.2, 0.25) is 0 Å². The van der Waals surface area contributed by atoms with E-state index in [4.69, 9.17) is 9.05 Å². The molecule has 166 valence electrons. The minimum atomic E-state index is -4.14. The summed E-state index contributed by atoms with van der Waals surface area (Å²) < 4.78 is 21.9. The molecule has 0 fully saturated rings. The van der Waals surface area contributed by atoms with Crippen LogP contribution in [0.4, 0.5) is 0 Å². The van der Waals surface area contributed by atoms with Crippen molar-refractivity contribution in [2.24, 2.45) is 11.8 Å². The Morgan fingerprint density at radius 2 is 1.29 bits per heavy atom. The van der Waals surface area contributed by atoms with Gasteiger partial charge < -0.3 is 13.9 Å². The molecule has 1 aromatic carbocycles.